The van der Waals surface area contributed by atoms with Gasteiger partial charge < -0.3 is 14.0 Å². The highest BCUT2D eigenvalue weighted by molar-refractivity contribution is 6.31. The summed E-state index contributed by atoms with van der Waals surface area (Å²) in [6.45, 7) is 3.10. The van der Waals surface area contributed by atoms with Crippen molar-refractivity contribution in [3.8, 4) is 17.1 Å². The van der Waals surface area contributed by atoms with Gasteiger partial charge in [-0.1, -0.05) is 41.9 Å². The number of carbonyl (C=O) groups excluding carboxylic acids is 1. The number of nitrogens with zero attached hydrogens (tertiary/aromatic N) is 5. The van der Waals surface area contributed by atoms with Gasteiger partial charge in [0.1, 0.15) is 12.9 Å². The first-order valence-electron chi connectivity index (χ1n) is 10.2. The molecule has 0 bridgehead atoms. The Morgan fingerprint density at radius 2 is 1.97 bits per heavy atom. The zero-order valence-corrected chi connectivity index (χ0v) is 18.1. The predicted molar refractivity (Wildman–Crippen MR) is 118 cm³/mol. The molecule has 0 saturated heterocycles. The first-order valence-corrected chi connectivity index (χ1v) is 10.6. The maximum absolute atomic E-state index is 12.5. The Morgan fingerprint density at radius 3 is 2.78 bits per heavy atom. The molecule has 0 atom stereocenters. The van der Waals surface area contributed by atoms with E-state index in [9.17, 15) is 4.79 Å². The van der Waals surface area contributed by atoms with E-state index in [4.69, 9.17) is 21.1 Å². The van der Waals surface area contributed by atoms with E-state index in [1.165, 1.54) is 0 Å². The molecule has 4 aromatic rings. The van der Waals surface area contributed by atoms with Crippen LogP contribution >= 0.6 is 11.6 Å². The number of esters is 1. The Hall–Kier alpha value is -3.49. The number of hydrogen-bond donors (Lipinski definition) is 0. The molecule has 32 heavy (non-hydrogen) atoms. The van der Waals surface area contributed by atoms with Gasteiger partial charge in [0.15, 0.2) is 17.3 Å². The van der Waals surface area contributed by atoms with Gasteiger partial charge in [0.05, 0.1) is 31.1 Å². The van der Waals surface area contributed by atoms with Gasteiger partial charge in [0, 0.05) is 10.6 Å². The fourth-order valence-corrected chi connectivity index (χ4v) is 3.96. The van der Waals surface area contributed by atoms with Crippen LogP contribution in [0.3, 0.4) is 0 Å². The Labute approximate surface area is 189 Å². The molecule has 9 heteroatoms. The standard InChI is InChI=1S/C23H20ClN5O3/c1-2-32-23(30)21-19-11-28-20(13-31-12-15-6-4-3-5-7-15)26-27-22(28)17-10-16(24)8-9-18(17)29(19)14-25-21/h3-10,14H,2,11-13H2,1H3. The van der Waals surface area contributed by atoms with Crippen molar-refractivity contribution >= 4 is 17.6 Å². The predicted octanol–water partition coefficient (Wildman–Crippen LogP) is 4.04. The molecule has 0 unspecified atom stereocenters. The SMILES string of the molecule is CCOC(=O)c1ncn2c1Cn1c(COCc3ccccc3)nnc1-c1cc(Cl)ccc1-2. The number of halogens is 1. The molecule has 0 saturated carbocycles. The van der Waals surface area contributed by atoms with E-state index in [-0.39, 0.29) is 18.9 Å². The van der Waals surface area contributed by atoms with Crippen LogP contribution in [0.5, 0.6) is 0 Å². The summed E-state index contributed by atoms with van der Waals surface area (Å²) in [5.74, 6) is 0.834. The van der Waals surface area contributed by atoms with Crippen molar-refractivity contribution in [3.05, 3.63) is 82.7 Å². The van der Waals surface area contributed by atoms with Gasteiger partial charge in [0.25, 0.3) is 0 Å². The number of fused-ring (bicyclic) bond motifs is 5. The number of aromatic nitrogens is 5. The second-order valence-corrected chi connectivity index (χ2v) is 7.73. The van der Waals surface area contributed by atoms with E-state index in [0.717, 1.165) is 16.8 Å². The average Bonchev–Trinajstić information content (AvgIpc) is 3.36. The zero-order chi connectivity index (χ0) is 22.1. The average molecular weight is 450 g/mol. The van der Waals surface area contributed by atoms with Crippen molar-refractivity contribution in [1.82, 2.24) is 24.3 Å². The van der Waals surface area contributed by atoms with Gasteiger partial charge in [-0.2, -0.15) is 0 Å². The third-order valence-electron chi connectivity index (χ3n) is 5.27. The Morgan fingerprint density at radius 1 is 1.12 bits per heavy atom. The molecule has 1 aliphatic heterocycles. The maximum Gasteiger partial charge on any atom is 0.358 e. The van der Waals surface area contributed by atoms with Gasteiger partial charge >= 0.3 is 5.97 Å². The van der Waals surface area contributed by atoms with Crippen LogP contribution < -0.4 is 0 Å². The van der Waals surface area contributed by atoms with Crippen LogP contribution in [-0.4, -0.2) is 36.9 Å². The number of ether oxygens (including phenoxy) is 2. The van der Waals surface area contributed by atoms with Gasteiger partial charge in [-0.05, 0) is 30.7 Å². The van der Waals surface area contributed by atoms with E-state index in [1.54, 1.807) is 19.3 Å². The van der Waals surface area contributed by atoms with Crippen LogP contribution in [0.1, 0.15) is 34.5 Å². The quantitative estimate of drug-likeness (QED) is 0.364. The van der Waals surface area contributed by atoms with Crippen molar-refractivity contribution in [2.24, 2.45) is 0 Å². The lowest BCUT2D eigenvalue weighted by Crippen LogP contribution is -2.14. The number of carbonyl (C=O) groups is 1. The molecule has 0 spiro atoms. The van der Waals surface area contributed by atoms with Crippen LogP contribution in [0.25, 0.3) is 17.1 Å². The van der Waals surface area contributed by atoms with Crippen molar-refractivity contribution in [2.75, 3.05) is 6.61 Å². The third kappa shape index (κ3) is 3.68. The first kappa shape index (κ1) is 20.4. The summed E-state index contributed by atoms with van der Waals surface area (Å²) in [7, 11) is 0. The molecule has 0 amide bonds. The third-order valence-corrected chi connectivity index (χ3v) is 5.51. The fraction of sp³-hybridized carbons (Fsp3) is 0.217. The monoisotopic (exact) mass is 449 g/mol. The zero-order valence-electron chi connectivity index (χ0n) is 17.4. The largest absolute Gasteiger partial charge is 0.461 e. The second kappa shape index (κ2) is 8.57. The maximum atomic E-state index is 12.5. The summed E-state index contributed by atoms with van der Waals surface area (Å²) in [6.07, 6.45) is 1.62. The van der Waals surface area contributed by atoms with E-state index in [1.807, 2.05) is 51.6 Å². The normalized spacial score (nSPS) is 11.9. The number of imidazole rings is 1. The number of hydrogen-bond acceptors (Lipinski definition) is 6. The molecule has 0 aliphatic carbocycles. The van der Waals surface area contributed by atoms with Crippen molar-refractivity contribution in [2.45, 2.75) is 26.7 Å². The molecular formula is C23H20ClN5O3. The molecule has 1 aliphatic rings. The summed E-state index contributed by atoms with van der Waals surface area (Å²) in [5.41, 5.74) is 3.64. The Kier molecular flexibility index (Phi) is 5.46. The van der Waals surface area contributed by atoms with Crippen molar-refractivity contribution in [1.29, 1.82) is 0 Å². The van der Waals surface area contributed by atoms with Crippen LogP contribution in [0.15, 0.2) is 54.9 Å². The van der Waals surface area contributed by atoms with E-state index < -0.39 is 5.97 Å². The highest BCUT2D eigenvalue weighted by atomic mass is 35.5. The Bertz CT molecular complexity index is 1280. The summed E-state index contributed by atoms with van der Waals surface area (Å²) in [6, 6.07) is 15.4. The summed E-state index contributed by atoms with van der Waals surface area (Å²) >= 11 is 6.30. The van der Waals surface area contributed by atoms with Crippen molar-refractivity contribution < 1.29 is 14.3 Å². The van der Waals surface area contributed by atoms with Gasteiger partial charge in [-0.25, -0.2) is 9.78 Å². The molecule has 3 heterocycles. The lowest BCUT2D eigenvalue weighted by Gasteiger charge is -2.10. The minimum absolute atomic E-state index is 0.265. The van der Waals surface area contributed by atoms with Crippen molar-refractivity contribution in [3.63, 3.8) is 0 Å². The molecule has 0 N–H and O–H groups in total. The van der Waals surface area contributed by atoms with Gasteiger partial charge in [-0.3, -0.25) is 4.57 Å². The van der Waals surface area contributed by atoms with E-state index in [2.05, 4.69) is 15.2 Å². The highest BCUT2D eigenvalue weighted by Crippen LogP contribution is 2.34. The van der Waals surface area contributed by atoms with Crippen LogP contribution in [-0.2, 0) is 29.2 Å². The van der Waals surface area contributed by atoms with E-state index >= 15 is 0 Å². The highest BCUT2D eigenvalue weighted by Gasteiger charge is 2.28. The molecule has 5 rings (SSSR count). The van der Waals surface area contributed by atoms with Crippen LogP contribution in [0, 0.1) is 0 Å². The van der Waals surface area contributed by atoms with E-state index in [0.29, 0.717) is 35.5 Å². The van der Waals surface area contributed by atoms with Crippen LogP contribution in [0.4, 0.5) is 0 Å². The molecule has 0 radical (unpaired) electrons. The number of rotatable bonds is 6. The molecule has 0 fully saturated rings. The lowest BCUT2D eigenvalue weighted by molar-refractivity contribution is 0.0518. The minimum atomic E-state index is -0.463. The number of benzene rings is 2. The lowest BCUT2D eigenvalue weighted by atomic mass is 10.1. The second-order valence-electron chi connectivity index (χ2n) is 7.30. The molecule has 8 nitrogen and oxygen atoms in total. The minimum Gasteiger partial charge on any atom is -0.461 e. The topological polar surface area (TPSA) is 84.1 Å². The summed E-state index contributed by atoms with van der Waals surface area (Å²) < 4.78 is 14.9. The summed E-state index contributed by atoms with van der Waals surface area (Å²) in [4.78, 5) is 16.9. The molecule has 2 aromatic heterocycles. The first-order chi connectivity index (χ1) is 15.7. The smallest absolute Gasteiger partial charge is 0.358 e. The fourth-order valence-electron chi connectivity index (χ4n) is 3.79. The molecule has 2 aromatic carbocycles. The van der Waals surface area contributed by atoms with Crippen LogP contribution in [0.2, 0.25) is 5.02 Å². The summed E-state index contributed by atoms with van der Waals surface area (Å²) in [5, 5.41) is 9.37. The van der Waals surface area contributed by atoms with Gasteiger partial charge in [-0.15, -0.1) is 10.2 Å². The molecular weight excluding hydrogens is 430 g/mol. The Balaban J connectivity index is 1.54. The molecule has 162 valence electrons. The van der Waals surface area contributed by atoms with Gasteiger partial charge in [0.2, 0.25) is 0 Å².